The molecule has 1 aromatic rings. The Bertz CT molecular complexity index is 557. The quantitative estimate of drug-likeness (QED) is 0.807. The Morgan fingerprint density at radius 3 is 2.35 bits per heavy atom. The lowest BCUT2D eigenvalue weighted by atomic mass is 10.1. The van der Waals surface area contributed by atoms with Gasteiger partial charge in [-0.1, -0.05) is 12.2 Å². The lowest BCUT2D eigenvalue weighted by Gasteiger charge is -2.27. The first-order chi connectivity index (χ1) is 9.54. The molecule has 1 aliphatic heterocycles. The van der Waals surface area contributed by atoms with E-state index in [1.807, 2.05) is 0 Å². The first kappa shape index (κ1) is 15.0. The van der Waals surface area contributed by atoms with Gasteiger partial charge < -0.3 is 10.4 Å². The van der Waals surface area contributed by atoms with E-state index < -0.39 is 10.0 Å². The van der Waals surface area contributed by atoms with Gasteiger partial charge in [0.1, 0.15) is 0 Å². The van der Waals surface area contributed by atoms with Crippen LogP contribution in [0.15, 0.2) is 41.3 Å². The molecule has 0 aromatic heterocycles. The van der Waals surface area contributed by atoms with Gasteiger partial charge in [-0.05, 0) is 37.1 Å². The molecule has 1 saturated heterocycles. The monoisotopic (exact) mass is 296 g/mol. The number of sulfonamides is 1. The van der Waals surface area contributed by atoms with E-state index in [2.05, 4.69) is 11.9 Å². The van der Waals surface area contributed by atoms with Crippen LogP contribution in [0.5, 0.6) is 0 Å². The molecule has 0 aliphatic carbocycles. The van der Waals surface area contributed by atoms with Crippen molar-refractivity contribution in [2.45, 2.75) is 17.7 Å². The van der Waals surface area contributed by atoms with Crippen molar-refractivity contribution in [2.24, 2.45) is 0 Å². The predicted octanol–water partition coefficient (Wildman–Crippen LogP) is 1.43. The molecule has 2 N–H and O–H groups in total. The van der Waals surface area contributed by atoms with Crippen molar-refractivity contribution in [1.82, 2.24) is 4.31 Å². The average molecular weight is 296 g/mol. The van der Waals surface area contributed by atoms with E-state index in [0.717, 1.165) is 24.1 Å². The largest absolute Gasteiger partial charge is 0.395 e. The molecule has 0 unspecified atom stereocenters. The standard InChI is InChI=1S/C14H20N2O3S/c1-12-6-9-16(10-7-12)20(18,19)14-4-2-13(3-5-14)15-8-11-17/h2-5,15,17H,1,6-11H2. The molecule has 1 heterocycles. The third kappa shape index (κ3) is 3.39. The van der Waals surface area contributed by atoms with Gasteiger partial charge in [-0.15, -0.1) is 0 Å². The maximum Gasteiger partial charge on any atom is 0.243 e. The number of hydrogen-bond acceptors (Lipinski definition) is 4. The van der Waals surface area contributed by atoms with Crippen LogP contribution >= 0.6 is 0 Å². The zero-order valence-electron chi connectivity index (χ0n) is 11.4. The molecule has 6 heteroatoms. The second kappa shape index (κ2) is 6.39. The van der Waals surface area contributed by atoms with Crippen molar-refractivity contribution in [3.05, 3.63) is 36.4 Å². The highest BCUT2D eigenvalue weighted by molar-refractivity contribution is 7.89. The number of rotatable bonds is 5. The number of hydrogen-bond donors (Lipinski definition) is 2. The summed E-state index contributed by atoms with van der Waals surface area (Å²) in [5, 5.41) is 11.7. The molecule has 5 nitrogen and oxygen atoms in total. The number of piperidine rings is 1. The van der Waals surface area contributed by atoms with Crippen LogP contribution in [0.3, 0.4) is 0 Å². The van der Waals surface area contributed by atoms with Gasteiger partial charge in [0.2, 0.25) is 10.0 Å². The van der Waals surface area contributed by atoms with Crippen molar-refractivity contribution in [3.63, 3.8) is 0 Å². The summed E-state index contributed by atoms with van der Waals surface area (Å²) >= 11 is 0. The fourth-order valence-corrected chi connectivity index (χ4v) is 3.58. The molecule has 0 radical (unpaired) electrons. The van der Waals surface area contributed by atoms with E-state index in [1.54, 1.807) is 24.3 Å². The van der Waals surface area contributed by atoms with Crippen LogP contribution in [0.25, 0.3) is 0 Å². The minimum Gasteiger partial charge on any atom is -0.395 e. The van der Waals surface area contributed by atoms with Crippen LogP contribution in [0, 0.1) is 0 Å². The third-order valence-electron chi connectivity index (χ3n) is 3.36. The Morgan fingerprint density at radius 1 is 1.20 bits per heavy atom. The molecule has 2 rings (SSSR count). The summed E-state index contributed by atoms with van der Waals surface area (Å²) in [6.45, 7) is 5.39. The normalized spacial score (nSPS) is 17.1. The lowest BCUT2D eigenvalue weighted by molar-refractivity contribution is 0.311. The Kier molecular flexibility index (Phi) is 4.80. The highest BCUT2D eigenvalue weighted by atomic mass is 32.2. The van der Waals surface area contributed by atoms with Crippen molar-refractivity contribution < 1.29 is 13.5 Å². The summed E-state index contributed by atoms with van der Waals surface area (Å²) in [4.78, 5) is 0.305. The van der Waals surface area contributed by atoms with E-state index >= 15 is 0 Å². The molecule has 0 bridgehead atoms. The third-order valence-corrected chi connectivity index (χ3v) is 5.28. The molecule has 1 aromatic carbocycles. The molecule has 0 saturated carbocycles. The highest BCUT2D eigenvalue weighted by Crippen LogP contribution is 2.23. The van der Waals surface area contributed by atoms with Gasteiger partial charge in [-0.2, -0.15) is 4.31 Å². The minimum absolute atomic E-state index is 0.0394. The van der Waals surface area contributed by atoms with Crippen LogP contribution in [-0.4, -0.2) is 44.1 Å². The van der Waals surface area contributed by atoms with Crippen molar-refractivity contribution in [2.75, 3.05) is 31.6 Å². The topological polar surface area (TPSA) is 69.6 Å². The van der Waals surface area contributed by atoms with Crippen LogP contribution in [0.4, 0.5) is 5.69 Å². The Morgan fingerprint density at radius 2 is 1.80 bits per heavy atom. The summed E-state index contributed by atoms with van der Waals surface area (Å²) < 4.78 is 26.4. The summed E-state index contributed by atoms with van der Waals surface area (Å²) in [5.41, 5.74) is 1.91. The van der Waals surface area contributed by atoms with E-state index in [9.17, 15) is 8.42 Å². The summed E-state index contributed by atoms with van der Waals surface area (Å²) in [6.07, 6.45) is 1.46. The maximum atomic E-state index is 12.5. The minimum atomic E-state index is -3.41. The lowest BCUT2D eigenvalue weighted by Crippen LogP contribution is -2.36. The first-order valence-electron chi connectivity index (χ1n) is 6.65. The molecular weight excluding hydrogens is 276 g/mol. The second-order valence-corrected chi connectivity index (χ2v) is 6.77. The van der Waals surface area contributed by atoms with Crippen LogP contribution in [0.1, 0.15) is 12.8 Å². The van der Waals surface area contributed by atoms with Gasteiger partial charge >= 0.3 is 0 Å². The number of anilines is 1. The summed E-state index contributed by atoms with van der Waals surface area (Å²) in [7, 11) is -3.41. The zero-order valence-corrected chi connectivity index (χ0v) is 12.2. The SMILES string of the molecule is C=C1CCN(S(=O)(=O)c2ccc(NCCO)cc2)CC1. The zero-order chi connectivity index (χ0) is 14.6. The van der Waals surface area contributed by atoms with Crippen LogP contribution < -0.4 is 5.32 Å². The Balaban J connectivity index is 2.11. The number of benzene rings is 1. The smallest absolute Gasteiger partial charge is 0.243 e. The molecule has 0 spiro atoms. The van der Waals surface area contributed by atoms with Gasteiger partial charge in [0.25, 0.3) is 0 Å². The van der Waals surface area contributed by atoms with Crippen LogP contribution in [-0.2, 0) is 10.0 Å². The first-order valence-corrected chi connectivity index (χ1v) is 8.09. The Hall–Kier alpha value is -1.37. The van der Waals surface area contributed by atoms with Crippen molar-refractivity contribution >= 4 is 15.7 Å². The van der Waals surface area contributed by atoms with E-state index in [-0.39, 0.29) is 6.61 Å². The molecule has 0 atom stereocenters. The summed E-state index contributed by atoms with van der Waals surface area (Å²) in [5.74, 6) is 0. The van der Waals surface area contributed by atoms with Crippen molar-refractivity contribution in [1.29, 1.82) is 0 Å². The van der Waals surface area contributed by atoms with Crippen LogP contribution in [0.2, 0.25) is 0 Å². The molecule has 1 aliphatic rings. The number of nitrogens with one attached hydrogen (secondary N) is 1. The number of aliphatic hydroxyl groups excluding tert-OH is 1. The summed E-state index contributed by atoms with van der Waals surface area (Å²) in [6, 6.07) is 6.62. The fourth-order valence-electron chi connectivity index (χ4n) is 2.14. The predicted molar refractivity (Wildman–Crippen MR) is 79.2 cm³/mol. The number of aliphatic hydroxyl groups is 1. The molecular formula is C14H20N2O3S. The van der Waals surface area contributed by atoms with Gasteiger partial charge in [0.15, 0.2) is 0 Å². The maximum absolute atomic E-state index is 12.5. The van der Waals surface area contributed by atoms with E-state index in [4.69, 9.17) is 5.11 Å². The second-order valence-electron chi connectivity index (χ2n) is 4.83. The fraction of sp³-hybridized carbons (Fsp3) is 0.429. The number of nitrogens with zero attached hydrogens (tertiary/aromatic N) is 1. The molecule has 1 fully saturated rings. The Labute approximate surface area is 120 Å². The molecule has 0 amide bonds. The molecule has 20 heavy (non-hydrogen) atoms. The van der Waals surface area contributed by atoms with Crippen molar-refractivity contribution in [3.8, 4) is 0 Å². The van der Waals surface area contributed by atoms with E-state index in [1.165, 1.54) is 4.31 Å². The van der Waals surface area contributed by atoms with Gasteiger partial charge in [0.05, 0.1) is 11.5 Å². The highest BCUT2D eigenvalue weighted by Gasteiger charge is 2.26. The van der Waals surface area contributed by atoms with Gasteiger partial charge in [0, 0.05) is 25.3 Å². The average Bonchev–Trinajstić information content (AvgIpc) is 2.46. The van der Waals surface area contributed by atoms with Gasteiger partial charge in [-0.3, -0.25) is 0 Å². The molecule has 110 valence electrons. The van der Waals surface area contributed by atoms with Gasteiger partial charge in [-0.25, -0.2) is 8.42 Å². The van der Waals surface area contributed by atoms with E-state index in [0.29, 0.717) is 24.5 Å².